The van der Waals surface area contributed by atoms with Crippen LogP contribution in [0.2, 0.25) is 0 Å². The summed E-state index contributed by atoms with van der Waals surface area (Å²) in [5.74, 6) is -0.0919. The van der Waals surface area contributed by atoms with Gasteiger partial charge in [-0.3, -0.25) is 9.59 Å². The van der Waals surface area contributed by atoms with Crippen LogP contribution in [0.15, 0.2) is 29.1 Å². The molecule has 0 atom stereocenters. The molecular formula is C20H27N3O2. The van der Waals surface area contributed by atoms with Crippen molar-refractivity contribution in [1.29, 1.82) is 0 Å². The molecule has 0 saturated carbocycles. The highest BCUT2D eigenvalue weighted by Crippen LogP contribution is 2.47. The minimum Gasteiger partial charge on any atom is -0.331 e. The molecule has 1 aromatic carbocycles. The molecule has 1 aliphatic heterocycles. The van der Waals surface area contributed by atoms with Crippen LogP contribution in [0, 0.1) is 5.41 Å². The fraction of sp³-hybridized carbons (Fsp3) is 0.550. The van der Waals surface area contributed by atoms with Crippen molar-refractivity contribution in [2.75, 3.05) is 6.54 Å². The van der Waals surface area contributed by atoms with Gasteiger partial charge in [-0.1, -0.05) is 45.4 Å². The molecule has 0 spiro atoms. The van der Waals surface area contributed by atoms with Gasteiger partial charge in [0.2, 0.25) is 0 Å². The molecule has 5 heteroatoms. The summed E-state index contributed by atoms with van der Waals surface area (Å²) in [5.41, 5.74) is 0.0884. The van der Waals surface area contributed by atoms with Gasteiger partial charge in [0.15, 0.2) is 5.69 Å². The van der Waals surface area contributed by atoms with Crippen LogP contribution in [-0.4, -0.2) is 32.7 Å². The Morgan fingerprint density at radius 1 is 1.16 bits per heavy atom. The molecule has 0 radical (unpaired) electrons. The van der Waals surface area contributed by atoms with Gasteiger partial charge in [0.25, 0.3) is 11.5 Å². The first-order valence-corrected chi connectivity index (χ1v) is 9.02. The number of aryl methyl sites for hydroxylation is 1. The molecule has 1 fully saturated rings. The van der Waals surface area contributed by atoms with E-state index in [2.05, 4.69) is 39.7 Å². The van der Waals surface area contributed by atoms with E-state index in [1.54, 1.807) is 6.07 Å². The maximum absolute atomic E-state index is 13.2. The summed E-state index contributed by atoms with van der Waals surface area (Å²) in [6.07, 6.45) is 1.83. The van der Waals surface area contributed by atoms with E-state index >= 15 is 0 Å². The molecule has 134 valence electrons. The van der Waals surface area contributed by atoms with Crippen molar-refractivity contribution < 1.29 is 4.79 Å². The topological polar surface area (TPSA) is 55.2 Å². The van der Waals surface area contributed by atoms with Crippen LogP contribution < -0.4 is 5.56 Å². The van der Waals surface area contributed by atoms with E-state index in [1.807, 2.05) is 23.1 Å². The summed E-state index contributed by atoms with van der Waals surface area (Å²) in [7, 11) is 0. The van der Waals surface area contributed by atoms with Gasteiger partial charge in [-0.15, -0.1) is 0 Å². The summed E-state index contributed by atoms with van der Waals surface area (Å²) in [4.78, 5) is 27.8. The summed E-state index contributed by atoms with van der Waals surface area (Å²) < 4.78 is 1.46. The Morgan fingerprint density at radius 3 is 2.36 bits per heavy atom. The Bertz CT molecular complexity index is 880. The second-order valence-electron chi connectivity index (χ2n) is 8.11. The lowest BCUT2D eigenvalue weighted by Crippen LogP contribution is -2.70. The zero-order valence-corrected chi connectivity index (χ0v) is 15.8. The first kappa shape index (κ1) is 17.6. The summed E-state index contributed by atoms with van der Waals surface area (Å²) in [6, 6.07) is 7.28. The predicted octanol–water partition coefficient (Wildman–Crippen LogP) is 3.46. The fourth-order valence-electron chi connectivity index (χ4n) is 3.37. The van der Waals surface area contributed by atoms with E-state index in [0.29, 0.717) is 29.6 Å². The van der Waals surface area contributed by atoms with Crippen molar-refractivity contribution in [1.82, 2.24) is 14.7 Å². The SMILES string of the molecule is CCCCn1nc(C(=O)N2CC(C)(C)C2(C)C)c2ccccc2c1=O. The number of likely N-dealkylation sites (tertiary alicyclic amines) is 1. The number of aromatic nitrogens is 2. The van der Waals surface area contributed by atoms with Crippen molar-refractivity contribution in [2.45, 2.75) is 59.5 Å². The van der Waals surface area contributed by atoms with Crippen LogP contribution in [0.5, 0.6) is 0 Å². The van der Waals surface area contributed by atoms with Crippen LogP contribution in [-0.2, 0) is 6.54 Å². The molecule has 1 aromatic heterocycles. The van der Waals surface area contributed by atoms with Gasteiger partial charge in [-0.2, -0.15) is 5.10 Å². The number of fused-ring (bicyclic) bond motifs is 1. The number of unbranched alkanes of at least 4 members (excludes halogenated alkanes) is 1. The number of rotatable bonds is 4. The summed E-state index contributed by atoms with van der Waals surface area (Å²) in [6.45, 7) is 11.8. The highest BCUT2D eigenvalue weighted by molar-refractivity contribution is 6.05. The Hall–Kier alpha value is -2.17. The second kappa shape index (κ2) is 5.97. The highest BCUT2D eigenvalue weighted by Gasteiger charge is 2.55. The molecule has 2 heterocycles. The summed E-state index contributed by atoms with van der Waals surface area (Å²) in [5, 5.41) is 5.68. The van der Waals surface area contributed by atoms with Crippen molar-refractivity contribution >= 4 is 16.7 Å². The number of hydrogen-bond donors (Lipinski definition) is 0. The number of hydrogen-bond acceptors (Lipinski definition) is 3. The van der Waals surface area contributed by atoms with E-state index in [1.165, 1.54) is 4.68 Å². The first-order chi connectivity index (χ1) is 11.7. The molecule has 25 heavy (non-hydrogen) atoms. The van der Waals surface area contributed by atoms with E-state index < -0.39 is 0 Å². The largest absolute Gasteiger partial charge is 0.331 e. The molecule has 0 N–H and O–H groups in total. The lowest BCUT2D eigenvalue weighted by Gasteiger charge is -2.61. The zero-order valence-electron chi connectivity index (χ0n) is 15.8. The average molecular weight is 341 g/mol. The van der Waals surface area contributed by atoms with Crippen molar-refractivity contribution in [3.05, 3.63) is 40.3 Å². The maximum Gasteiger partial charge on any atom is 0.275 e. The third-order valence-electron chi connectivity index (χ3n) is 5.92. The van der Waals surface area contributed by atoms with Gasteiger partial charge in [0.05, 0.1) is 5.39 Å². The Kier molecular flexibility index (Phi) is 4.21. The zero-order chi connectivity index (χ0) is 18.4. The normalized spacial score (nSPS) is 18.2. The van der Waals surface area contributed by atoms with Gasteiger partial charge in [0, 0.05) is 29.4 Å². The summed E-state index contributed by atoms with van der Waals surface area (Å²) >= 11 is 0. The van der Waals surface area contributed by atoms with E-state index in [4.69, 9.17) is 0 Å². The van der Waals surface area contributed by atoms with Crippen molar-refractivity contribution in [2.24, 2.45) is 5.41 Å². The van der Waals surface area contributed by atoms with Gasteiger partial charge < -0.3 is 4.90 Å². The van der Waals surface area contributed by atoms with Gasteiger partial charge in [-0.05, 0) is 26.3 Å². The third kappa shape index (κ3) is 2.66. The van der Waals surface area contributed by atoms with Crippen molar-refractivity contribution in [3.8, 4) is 0 Å². The minimum atomic E-state index is -0.239. The average Bonchev–Trinajstić information content (AvgIpc) is 2.59. The quantitative estimate of drug-likeness (QED) is 0.856. The fourth-order valence-corrected chi connectivity index (χ4v) is 3.37. The lowest BCUT2D eigenvalue weighted by atomic mass is 9.65. The monoisotopic (exact) mass is 341 g/mol. The van der Waals surface area contributed by atoms with Crippen LogP contribution in [0.1, 0.15) is 57.9 Å². The molecule has 1 amide bonds. The number of carbonyl (C=O) groups is 1. The molecule has 2 aromatic rings. The van der Waals surface area contributed by atoms with Gasteiger partial charge >= 0.3 is 0 Å². The lowest BCUT2D eigenvalue weighted by molar-refractivity contribution is -0.0884. The predicted molar refractivity (Wildman–Crippen MR) is 99.8 cm³/mol. The van der Waals surface area contributed by atoms with Crippen LogP contribution in [0.4, 0.5) is 0 Å². The standard InChI is InChI=1S/C20H27N3O2/c1-6-7-12-23-17(24)15-11-9-8-10-14(15)16(21-23)18(25)22-13-19(2,3)20(22,4)5/h8-11H,6-7,12-13H2,1-5H3. The van der Waals surface area contributed by atoms with E-state index in [0.717, 1.165) is 12.8 Å². The first-order valence-electron chi connectivity index (χ1n) is 9.02. The molecule has 0 unspecified atom stereocenters. The number of benzene rings is 1. The third-order valence-corrected chi connectivity index (χ3v) is 5.92. The van der Waals surface area contributed by atoms with Gasteiger partial charge in [-0.25, -0.2) is 4.68 Å². The Balaban J connectivity index is 2.11. The smallest absolute Gasteiger partial charge is 0.275 e. The molecule has 5 nitrogen and oxygen atoms in total. The van der Waals surface area contributed by atoms with Crippen molar-refractivity contribution in [3.63, 3.8) is 0 Å². The molecular weight excluding hydrogens is 314 g/mol. The Morgan fingerprint density at radius 2 is 1.80 bits per heavy atom. The van der Waals surface area contributed by atoms with Crippen LogP contribution in [0.25, 0.3) is 10.8 Å². The van der Waals surface area contributed by atoms with Crippen LogP contribution >= 0.6 is 0 Å². The molecule has 0 aliphatic carbocycles. The number of amides is 1. The molecule has 3 rings (SSSR count). The van der Waals surface area contributed by atoms with Crippen LogP contribution in [0.3, 0.4) is 0 Å². The molecule has 1 aliphatic rings. The van der Waals surface area contributed by atoms with E-state index in [9.17, 15) is 9.59 Å². The highest BCUT2D eigenvalue weighted by atomic mass is 16.2. The van der Waals surface area contributed by atoms with Gasteiger partial charge in [0.1, 0.15) is 0 Å². The molecule has 1 saturated heterocycles. The molecule has 0 bridgehead atoms. The van der Waals surface area contributed by atoms with E-state index in [-0.39, 0.29) is 22.4 Å². The second-order valence-corrected chi connectivity index (χ2v) is 8.11. The Labute approximate surface area is 148 Å². The number of nitrogens with zero attached hydrogens (tertiary/aromatic N) is 3. The maximum atomic E-state index is 13.2. The number of carbonyl (C=O) groups excluding carboxylic acids is 1. The minimum absolute atomic E-state index is 0.0646.